The standard InChI is InChI=1S/C12H17Cl2NO3S/c1-8(4-3-5-16)15-19(17,18)10-6-11(13)9(2)12(14)7-10/h6-8,15-16H,3-5H2,1-2H3. The summed E-state index contributed by atoms with van der Waals surface area (Å²) >= 11 is 11.9. The third-order valence-electron chi connectivity index (χ3n) is 2.72. The maximum absolute atomic E-state index is 12.1. The molecule has 0 aliphatic carbocycles. The molecule has 0 fully saturated rings. The van der Waals surface area contributed by atoms with Crippen LogP contribution < -0.4 is 4.72 Å². The zero-order valence-corrected chi connectivity index (χ0v) is 13.1. The topological polar surface area (TPSA) is 66.4 Å². The molecule has 0 bridgehead atoms. The van der Waals surface area contributed by atoms with Gasteiger partial charge in [0, 0.05) is 22.7 Å². The second-order valence-electron chi connectivity index (χ2n) is 4.40. The van der Waals surface area contributed by atoms with Crippen LogP contribution in [0.15, 0.2) is 17.0 Å². The van der Waals surface area contributed by atoms with Crippen molar-refractivity contribution >= 4 is 33.2 Å². The highest BCUT2D eigenvalue weighted by atomic mass is 35.5. The number of hydrogen-bond acceptors (Lipinski definition) is 3. The Hall–Kier alpha value is -0.330. The first-order valence-corrected chi connectivity index (χ1v) is 8.10. The highest BCUT2D eigenvalue weighted by Crippen LogP contribution is 2.27. The van der Waals surface area contributed by atoms with E-state index in [1.54, 1.807) is 13.8 Å². The van der Waals surface area contributed by atoms with Crippen molar-refractivity contribution in [1.29, 1.82) is 0 Å². The third-order valence-corrected chi connectivity index (χ3v) is 5.07. The number of aliphatic hydroxyl groups excluding tert-OH is 1. The van der Waals surface area contributed by atoms with Crippen LogP contribution in [0, 0.1) is 6.92 Å². The molecule has 108 valence electrons. The van der Waals surface area contributed by atoms with E-state index in [9.17, 15) is 8.42 Å². The molecule has 1 unspecified atom stereocenters. The second kappa shape index (κ2) is 6.90. The van der Waals surface area contributed by atoms with E-state index in [2.05, 4.69) is 4.72 Å². The minimum absolute atomic E-state index is 0.0360. The van der Waals surface area contributed by atoms with Crippen LogP contribution >= 0.6 is 23.2 Å². The van der Waals surface area contributed by atoms with Crippen LogP contribution in [0.25, 0.3) is 0 Å². The number of rotatable bonds is 6. The number of aliphatic hydroxyl groups is 1. The van der Waals surface area contributed by atoms with Crippen LogP contribution in [-0.4, -0.2) is 26.2 Å². The third kappa shape index (κ3) is 4.61. The molecule has 1 aromatic rings. The minimum atomic E-state index is -3.65. The quantitative estimate of drug-likeness (QED) is 0.845. The molecule has 1 aromatic carbocycles. The first-order chi connectivity index (χ1) is 8.77. The average Bonchev–Trinajstić information content (AvgIpc) is 2.32. The van der Waals surface area contributed by atoms with Crippen LogP contribution in [0.5, 0.6) is 0 Å². The fourth-order valence-electron chi connectivity index (χ4n) is 1.57. The summed E-state index contributed by atoms with van der Waals surface area (Å²) in [6.45, 7) is 3.50. The van der Waals surface area contributed by atoms with E-state index in [1.807, 2.05) is 0 Å². The van der Waals surface area contributed by atoms with Gasteiger partial charge in [-0.2, -0.15) is 0 Å². The lowest BCUT2D eigenvalue weighted by atomic mass is 10.2. The molecule has 0 aliphatic heterocycles. The molecular weight excluding hydrogens is 309 g/mol. The molecule has 4 nitrogen and oxygen atoms in total. The van der Waals surface area contributed by atoms with Gasteiger partial charge in [-0.05, 0) is 44.4 Å². The first kappa shape index (κ1) is 16.7. The highest BCUT2D eigenvalue weighted by molar-refractivity contribution is 7.89. The summed E-state index contributed by atoms with van der Waals surface area (Å²) in [5, 5.41) is 9.35. The zero-order valence-electron chi connectivity index (χ0n) is 10.8. The lowest BCUT2D eigenvalue weighted by Gasteiger charge is -2.14. The average molecular weight is 326 g/mol. The van der Waals surface area contributed by atoms with Crippen LogP contribution in [0.2, 0.25) is 10.0 Å². The van der Waals surface area contributed by atoms with E-state index in [-0.39, 0.29) is 17.5 Å². The van der Waals surface area contributed by atoms with Crippen molar-refractivity contribution in [2.45, 2.75) is 37.6 Å². The van der Waals surface area contributed by atoms with E-state index in [0.29, 0.717) is 28.5 Å². The van der Waals surface area contributed by atoms with E-state index in [1.165, 1.54) is 12.1 Å². The first-order valence-electron chi connectivity index (χ1n) is 5.86. The molecule has 1 atom stereocenters. The lowest BCUT2D eigenvalue weighted by Crippen LogP contribution is -2.32. The maximum Gasteiger partial charge on any atom is 0.240 e. The van der Waals surface area contributed by atoms with Crippen LogP contribution in [-0.2, 0) is 10.0 Å². The van der Waals surface area contributed by atoms with E-state index < -0.39 is 10.0 Å². The number of hydrogen-bond donors (Lipinski definition) is 2. The molecule has 0 aromatic heterocycles. The summed E-state index contributed by atoms with van der Waals surface area (Å²) in [6.07, 6.45) is 1.10. The Kier molecular flexibility index (Phi) is 6.08. The van der Waals surface area contributed by atoms with Gasteiger partial charge < -0.3 is 5.11 Å². The summed E-state index contributed by atoms with van der Waals surface area (Å²) in [5.74, 6) is 0. The largest absolute Gasteiger partial charge is 0.396 e. The molecule has 2 N–H and O–H groups in total. The summed E-state index contributed by atoms with van der Waals surface area (Å²) in [6, 6.07) is 2.49. The second-order valence-corrected chi connectivity index (χ2v) is 6.93. The number of sulfonamides is 1. The Labute approximate surface area is 123 Å². The normalized spacial score (nSPS) is 13.5. The van der Waals surface area contributed by atoms with Crippen LogP contribution in [0.3, 0.4) is 0 Å². The number of benzene rings is 1. The SMILES string of the molecule is Cc1c(Cl)cc(S(=O)(=O)NC(C)CCCO)cc1Cl. The Morgan fingerprint density at radius 3 is 2.32 bits per heavy atom. The Morgan fingerprint density at radius 2 is 1.84 bits per heavy atom. The van der Waals surface area contributed by atoms with Crippen molar-refractivity contribution in [2.75, 3.05) is 6.61 Å². The van der Waals surface area contributed by atoms with Crippen molar-refractivity contribution in [1.82, 2.24) is 4.72 Å². The fourth-order valence-corrected chi connectivity index (χ4v) is 3.51. The van der Waals surface area contributed by atoms with Gasteiger partial charge in [0.05, 0.1) is 4.90 Å². The molecule has 7 heteroatoms. The molecule has 1 rings (SSSR count). The van der Waals surface area contributed by atoms with Gasteiger partial charge in [0.1, 0.15) is 0 Å². The molecule has 0 aliphatic rings. The van der Waals surface area contributed by atoms with Gasteiger partial charge in [0.25, 0.3) is 0 Å². The van der Waals surface area contributed by atoms with E-state index in [4.69, 9.17) is 28.3 Å². The fraction of sp³-hybridized carbons (Fsp3) is 0.500. The molecule has 0 heterocycles. The molecule has 0 saturated heterocycles. The summed E-state index contributed by atoms with van der Waals surface area (Å²) in [7, 11) is -3.65. The van der Waals surface area contributed by atoms with Gasteiger partial charge in [-0.15, -0.1) is 0 Å². The minimum Gasteiger partial charge on any atom is -0.396 e. The summed E-state index contributed by atoms with van der Waals surface area (Å²) in [4.78, 5) is 0.0453. The summed E-state index contributed by atoms with van der Waals surface area (Å²) < 4.78 is 26.8. The van der Waals surface area contributed by atoms with Gasteiger partial charge in [-0.1, -0.05) is 23.2 Å². The number of nitrogens with one attached hydrogen (secondary N) is 1. The maximum atomic E-state index is 12.1. The molecular formula is C12H17Cl2NO3S. The molecule has 0 radical (unpaired) electrons. The Bertz CT molecular complexity index is 523. The Balaban J connectivity index is 2.95. The molecule has 0 spiro atoms. The van der Waals surface area contributed by atoms with Crippen LogP contribution in [0.1, 0.15) is 25.3 Å². The van der Waals surface area contributed by atoms with Crippen molar-refractivity contribution in [2.24, 2.45) is 0 Å². The van der Waals surface area contributed by atoms with Crippen molar-refractivity contribution in [3.05, 3.63) is 27.7 Å². The predicted molar refractivity (Wildman–Crippen MR) is 77.3 cm³/mol. The van der Waals surface area contributed by atoms with Gasteiger partial charge >= 0.3 is 0 Å². The van der Waals surface area contributed by atoms with Crippen LogP contribution in [0.4, 0.5) is 0 Å². The number of halogens is 2. The van der Waals surface area contributed by atoms with E-state index >= 15 is 0 Å². The van der Waals surface area contributed by atoms with Gasteiger partial charge in [-0.25, -0.2) is 13.1 Å². The highest BCUT2D eigenvalue weighted by Gasteiger charge is 2.19. The zero-order chi connectivity index (χ0) is 14.6. The van der Waals surface area contributed by atoms with Gasteiger partial charge in [0.2, 0.25) is 10.0 Å². The van der Waals surface area contributed by atoms with E-state index in [0.717, 1.165) is 0 Å². The van der Waals surface area contributed by atoms with Crippen molar-refractivity contribution in [3.63, 3.8) is 0 Å². The van der Waals surface area contributed by atoms with Gasteiger partial charge in [-0.3, -0.25) is 0 Å². The summed E-state index contributed by atoms with van der Waals surface area (Å²) in [5.41, 5.74) is 0.649. The van der Waals surface area contributed by atoms with Crippen molar-refractivity contribution < 1.29 is 13.5 Å². The van der Waals surface area contributed by atoms with Crippen molar-refractivity contribution in [3.8, 4) is 0 Å². The lowest BCUT2D eigenvalue weighted by molar-refractivity contribution is 0.279. The molecule has 19 heavy (non-hydrogen) atoms. The Morgan fingerprint density at radius 1 is 1.32 bits per heavy atom. The van der Waals surface area contributed by atoms with Gasteiger partial charge in [0.15, 0.2) is 0 Å². The smallest absolute Gasteiger partial charge is 0.240 e. The molecule has 0 saturated carbocycles. The predicted octanol–water partition coefficient (Wildman–Crippen LogP) is 2.74. The molecule has 0 amide bonds. The monoisotopic (exact) mass is 325 g/mol.